The first-order chi connectivity index (χ1) is 9.24. The summed E-state index contributed by atoms with van der Waals surface area (Å²) in [6.07, 6.45) is 6.51. The monoisotopic (exact) mass is 278 g/mol. The standard InChI is InChI=1S/C14H15ClN2O2/c15-14-13(19-12-3-1-2-4-12)9-16-17(14)10-5-7-11(18)8-6-10/h5-9,12,18H,1-4H2. The van der Waals surface area contributed by atoms with Crippen molar-refractivity contribution in [1.29, 1.82) is 0 Å². The number of phenols is 1. The smallest absolute Gasteiger partial charge is 0.177 e. The summed E-state index contributed by atoms with van der Waals surface area (Å²) < 4.78 is 7.47. The van der Waals surface area contributed by atoms with Gasteiger partial charge < -0.3 is 9.84 Å². The largest absolute Gasteiger partial charge is 0.508 e. The van der Waals surface area contributed by atoms with Crippen molar-refractivity contribution in [2.45, 2.75) is 31.8 Å². The second-order valence-corrected chi connectivity index (χ2v) is 5.11. The maximum atomic E-state index is 9.28. The van der Waals surface area contributed by atoms with Crippen molar-refractivity contribution in [1.82, 2.24) is 9.78 Å². The number of aromatic nitrogens is 2. The predicted molar refractivity (Wildman–Crippen MR) is 73.1 cm³/mol. The molecule has 1 N–H and O–H groups in total. The highest BCUT2D eigenvalue weighted by Crippen LogP contribution is 2.31. The zero-order chi connectivity index (χ0) is 13.2. The second-order valence-electron chi connectivity index (χ2n) is 4.75. The highest BCUT2D eigenvalue weighted by molar-refractivity contribution is 6.31. The molecule has 0 atom stereocenters. The minimum Gasteiger partial charge on any atom is -0.508 e. The molecular formula is C14H15ClN2O2. The van der Waals surface area contributed by atoms with Crippen LogP contribution in [0.4, 0.5) is 0 Å². The Balaban J connectivity index is 1.83. The van der Waals surface area contributed by atoms with Crippen LogP contribution < -0.4 is 4.74 Å². The number of rotatable bonds is 3. The highest BCUT2D eigenvalue weighted by Gasteiger charge is 2.20. The first-order valence-electron chi connectivity index (χ1n) is 6.43. The lowest BCUT2D eigenvalue weighted by atomic mass is 10.3. The first kappa shape index (κ1) is 12.4. The van der Waals surface area contributed by atoms with Gasteiger partial charge in [0.1, 0.15) is 5.75 Å². The van der Waals surface area contributed by atoms with E-state index in [9.17, 15) is 5.11 Å². The Morgan fingerprint density at radius 1 is 1.21 bits per heavy atom. The molecule has 0 aliphatic heterocycles. The highest BCUT2D eigenvalue weighted by atomic mass is 35.5. The van der Waals surface area contributed by atoms with Gasteiger partial charge >= 0.3 is 0 Å². The number of halogens is 1. The van der Waals surface area contributed by atoms with E-state index in [1.807, 2.05) is 0 Å². The number of hydrogen-bond acceptors (Lipinski definition) is 3. The number of ether oxygens (including phenoxy) is 1. The third-order valence-electron chi connectivity index (χ3n) is 3.37. The molecule has 1 fully saturated rings. The van der Waals surface area contributed by atoms with Crippen LogP contribution in [0.15, 0.2) is 30.5 Å². The van der Waals surface area contributed by atoms with E-state index in [4.69, 9.17) is 16.3 Å². The van der Waals surface area contributed by atoms with Crippen LogP contribution in [-0.2, 0) is 0 Å². The molecule has 4 nitrogen and oxygen atoms in total. The lowest BCUT2D eigenvalue weighted by Gasteiger charge is -2.11. The second kappa shape index (κ2) is 5.13. The molecule has 1 heterocycles. The van der Waals surface area contributed by atoms with Crippen LogP contribution in [0.3, 0.4) is 0 Å². The van der Waals surface area contributed by atoms with Crippen molar-refractivity contribution in [3.63, 3.8) is 0 Å². The number of nitrogens with zero attached hydrogens (tertiary/aromatic N) is 2. The normalized spacial score (nSPS) is 15.8. The quantitative estimate of drug-likeness (QED) is 0.934. The van der Waals surface area contributed by atoms with Crippen molar-refractivity contribution in [3.8, 4) is 17.2 Å². The van der Waals surface area contributed by atoms with Crippen molar-refractivity contribution >= 4 is 11.6 Å². The van der Waals surface area contributed by atoms with Crippen molar-refractivity contribution < 1.29 is 9.84 Å². The zero-order valence-electron chi connectivity index (χ0n) is 10.4. The summed E-state index contributed by atoms with van der Waals surface area (Å²) in [7, 11) is 0. The summed E-state index contributed by atoms with van der Waals surface area (Å²) in [6, 6.07) is 6.72. The molecule has 1 aromatic carbocycles. The van der Waals surface area contributed by atoms with Crippen LogP contribution in [0.5, 0.6) is 11.5 Å². The van der Waals surface area contributed by atoms with E-state index in [2.05, 4.69) is 5.10 Å². The molecule has 0 unspecified atom stereocenters. The zero-order valence-corrected chi connectivity index (χ0v) is 11.2. The molecule has 0 saturated heterocycles. The van der Waals surface area contributed by atoms with Crippen molar-refractivity contribution in [2.24, 2.45) is 0 Å². The van der Waals surface area contributed by atoms with Gasteiger partial charge in [-0.25, -0.2) is 4.68 Å². The Bertz CT molecular complexity index is 559. The molecule has 1 saturated carbocycles. The minimum atomic E-state index is 0.217. The Labute approximate surface area is 116 Å². The summed E-state index contributed by atoms with van der Waals surface area (Å²) in [5.41, 5.74) is 0.795. The number of aromatic hydroxyl groups is 1. The predicted octanol–water partition coefficient (Wildman–Crippen LogP) is 3.55. The summed E-state index contributed by atoms with van der Waals surface area (Å²) in [5.74, 6) is 0.844. The van der Waals surface area contributed by atoms with Gasteiger partial charge in [-0.2, -0.15) is 5.10 Å². The van der Waals surface area contributed by atoms with Crippen LogP contribution in [0.1, 0.15) is 25.7 Å². The van der Waals surface area contributed by atoms with E-state index in [-0.39, 0.29) is 11.9 Å². The van der Waals surface area contributed by atoms with E-state index in [0.29, 0.717) is 10.9 Å². The van der Waals surface area contributed by atoms with Gasteiger partial charge in [-0.05, 0) is 49.9 Å². The van der Waals surface area contributed by atoms with E-state index < -0.39 is 0 Å². The molecule has 5 heteroatoms. The molecule has 1 aromatic heterocycles. The van der Waals surface area contributed by atoms with Gasteiger partial charge in [-0.3, -0.25) is 0 Å². The molecule has 100 valence electrons. The molecule has 2 aromatic rings. The van der Waals surface area contributed by atoms with Crippen LogP contribution in [-0.4, -0.2) is 21.0 Å². The number of phenolic OH excluding ortho intramolecular Hbond substituents is 1. The molecule has 0 radical (unpaired) electrons. The molecule has 19 heavy (non-hydrogen) atoms. The number of benzene rings is 1. The van der Waals surface area contributed by atoms with E-state index in [1.165, 1.54) is 12.8 Å². The molecule has 0 bridgehead atoms. The van der Waals surface area contributed by atoms with Crippen LogP contribution in [0, 0.1) is 0 Å². The Hall–Kier alpha value is -1.68. The lowest BCUT2D eigenvalue weighted by Crippen LogP contribution is -2.10. The van der Waals surface area contributed by atoms with Crippen LogP contribution in [0.25, 0.3) is 5.69 Å². The molecule has 1 aliphatic carbocycles. The molecule has 0 spiro atoms. The summed E-state index contributed by atoms with van der Waals surface area (Å²) in [6.45, 7) is 0. The third-order valence-corrected chi connectivity index (χ3v) is 3.72. The summed E-state index contributed by atoms with van der Waals surface area (Å²) >= 11 is 6.29. The Morgan fingerprint density at radius 2 is 1.89 bits per heavy atom. The van der Waals surface area contributed by atoms with Gasteiger partial charge in [-0.1, -0.05) is 11.6 Å². The van der Waals surface area contributed by atoms with Gasteiger partial charge in [0.05, 0.1) is 18.0 Å². The van der Waals surface area contributed by atoms with Crippen LogP contribution in [0.2, 0.25) is 5.15 Å². The molecule has 0 amide bonds. The SMILES string of the molecule is Oc1ccc(-n2ncc(OC3CCCC3)c2Cl)cc1. The topological polar surface area (TPSA) is 47.3 Å². The van der Waals surface area contributed by atoms with Gasteiger partial charge in [0.2, 0.25) is 0 Å². The summed E-state index contributed by atoms with van der Waals surface area (Å²) in [5, 5.41) is 14.0. The fraction of sp³-hybridized carbons (Fsp3) is 0.357. The fourth-order valence-electron chi connectivity index (χ4n) is 2.36. The Morgan fingerprint density at radius 3 is 2.58 bits per heavy atom. The average Bonchev–Trinajstić information content (AvgIpc) is 3.03. The molecule has 1 aliphatic rings. The maximum absolute atomic E-state index is 9.28. The molecular weight excluding hydrogens is 264 g/mol. The van der Waals surface area contributed by atoms with Gasteiger partial charge in [0.25, 0.3) is 0 Å². The minimum absolute atomic E-state index is 0.217. The van der Waals surface area contributed by atoms with E-state index in [1.54, 1.807) is 35.1 Å². The fourth-order valence-corrected chi connectivity index (χ4v) is 2.59. The number of hydrogen-bond donors (Lipinski definition) is 1. The van der Waals surface area contributed by atoms with Gasteiger partial charge in [0, 0.05) is 0 Å². The third kappa shape index (κ3) is 2.54. The van der Waals surface area contributed by atoms with Gasteiger partial charge in [-0.15, -0.1) is 0 Å². The van der Waals surface area contributed by atoms with E-state index >= 15 is 0 Å². The molecule has 3 rings (SSSR count). The lowest BCUT2D eigenvalue weighted by molar-refractivity contribution is 0.210. The summed E-state index contributed by atoms with van der Waals surface area (Å²) in [4.78, 5) is 0. The van der Waals surface area contributed by atoms with E-state index in [0.717, 1.165) is 18.5 Å². The van der Waals surface area contributed by atoms with Crippen molar-refractivity contribution in [2.75, 3.05) is 0 Å². The average molecular weight is 279 g/mol. The van der Waals surface area contributed by atoms with Crippen LogP contribution >= 0.6 is 11.6 Å². The first-order valence-corrected chi connectivity index (χ1v) is 6.81. The van der Waals surface area contributed by atoms with Gasteiger partial charge in [0.15, 0.2) is 10.9 Å². The Kier molecular flexibility index (Phi) is 3.34. The maximum Gasteiger partial charge on any atom is 0.177 e. The van der Waals surface area contributed by atoms with Crippen molar-refractivity contribution in [3.05, 3.63) is 35.6 Å².